The molecule has 1 fully saturated rings. The van der Waals surface area contributed by atoms with Gasteiger partial charge in [-0.3, -0.25) is 9.88 Å². The third kappa shape index (κ3) is 4.51. The molecule has 150 valence electrons. The van der Waals surface area contributed by atoms with E-state index >= 15 is 0 Å². The molecule has 1 N–H and O–H groups in total. The Kier molecular flexibility index (Phi) is 5.67. The minimum absolute atomic E-state index is 0.394. The molecule has 0 aliphatic carbocycles. The highest BCUT2D eigenvalue weighted by atomic mass is 16.4. The molecule has 4 rings (SSSR count). The Hall–Kier alpha value is -3.06. The Balaban J connectivity index is 1.39. The molecule has 7 nitrogen and oxygen atoms in total. The van der Waals surface area contributed by atoms with E-state index in [1.165, 1.54) is 0 Å². The Morgan fingerprint density at radius 2 is 2.07 bits per heavy atom. The van der Waals surface area contributed by atoms with Crippen LogP contribution in [0.1, 0.15) is 34.5 Å². The first-order valence-electron chi connectivity index (χ1n) is 9.92. The van der Waals surface area contributed by atoms with E-state index in [0.29, 0.717) is 18.0 Å². The summed E-state index contributed by atoms with van der Waals surface area (Å²) in [5, 5.41) is 9.41. The van der Waals surface area contributed by atoms with E-state index in [-0.39, 0.29) is 0 Å². The maximum atomic E-state index is 11.5. The number of aromatic nitrogens is 4. The molecule has 0 radical (unpaired) electrons. The topological polar surface area (TPSA) is 84.1 Å². The minimum atomic E-state index is -0.864. The number of hydrogen-bond acceptors (Lipinski definition) is 5. The lowest BCUT2D eigenvalue weighted by molar-refractivity contribution is 0.0693. The van der Waals surface area contributed by atoms with Crippen LogP contribution in [-0.4, -0.2) is 48.6 Å². The molecule has 0 spiro atoms. The number of carboxylic acid groups (broad SMARTS) is 1. The number of benzene rings is 1. The number of carbonyl (C=O) groups is 1. The fraction of sp³-hybridized carbons (Fsp3) is 0.364. The van der Waals surface area contributed by atoms with Crippen molar-refractivity contribution in [2.24, 2.45) is 13.0 Å². The summed E-state index contributed by atoms with van der Waals surface area (Å²) in [7, 11) is 1.94. The number of rotatable bonds is 6. The van der Waals surface area contributed by atoms with E-state index in [0.717, 1.165) is 55.1 Å². The van der Waals surface area contributed by atoms with Crippen molar-refractivity contribution in [3.63, 3.8) is 0 Å². The number of likely N-dealkylation sites (tertiary alicyclic amines) is 1. The quantitative estimate of drug-likeness (QED) is 0.695. The third-order valence-electron chi connectivity index (χ3n) is 5.50. The summed E-state index contributed by atoms with van der Waals surface area (Å²) >= 11 is 0. The molecular weight excluding hydrogens is 366 g/mol. The van der Waals surface area contributed by atoms with Crippen LogP contribution in [0.2, 0.25) is 0 Å². The van der Waals surface area contributed by atoms with Gasteiger partial charge in [0.15, 0.2) is 5.82 Å². The lowest BCUT2D eigenvalue weighted by atomic mass is 9.93. The van der Waals surface area contributed by atoms with E-state index in [2.05, 4.69) is 19.9 Å². The first-order chi connectivity index (χ1) is 14.1. The maximum absolute atomic E-state index is 11.5. The lowest BCUT2D eigenvalue weighted by Crippen LogP contribution is -2.36. The summed E-state index contributed by atoms with van der Waals surface area (Å²) < 4.78 is 1.93. The Labute approximate surface area is 170 Å². The molecule has 1 aromatic carbocycles. The molecule has 2 aromatic heterocycles. The van der Waals surface area contributed by atoms with Crippen LogP contribution in [0.3, 0.4) is 0 Å². The molecular formula is C22H25N5O2. The maximum Gasteiger partial charge on any atom is 0.336 e. The summed E-state index contributed by atoms with van der Waals surface area (Å²) in [6.07, 6.45) is 10.4. The van der Waals surface area contributed by atoms with Crippen molar-refractivity contribution in [2.45, 2.75) is 25.8 Å². The second-order valence-electron chi connectivity index (χ2n) is 7.66. The van der Waals surface area contributed by atoms with Gasteiger partial charge in [0.25, 0.3) is 0 Å². The van der Waals surface area contributed by atoms with E-state index in [1.54, 1.807) is 24.5 Å². The van der Waals surface area contributed by atoms with Crippen molar-refractivity contribution in [1.29, 1.82) is 0 Å². The number of aromatic carboxylic acids is 1. The molecule has 29 heavy (non-hydrogen) atoms. The van der Waals surface area contributed by atoms with Crippen molar-refractivity contribution >= 4 is 5.97 Å². The third-order valence-corrected chi connectivity index (χ3v) is 5.50. The molecule has 1 aliphatic heterocycles. The number of carboxylic acids is 1. The van der Waals surface area contributed by atoms with Crippen molar-refractivity contribution in [2.75, 3.05) is 13.1 Å². The first kappa shape index (κ1) is 19.3. The molecule has 1 atom stereocenters. The molecule has 1 unspecified atom stereocenters. The van der Waals surface area contributed by atoms with Gasteiger partial charge in [0, 0.05) is 38.7 Å². The van der Waals surface area contributed by atoms with Gasteiger partial charge in [-0.1, -0.05) is 18.2 Å². The van der Waals surface area contributed by atoms with Crippen molar-refractivity contribution in [3.8, 4) is 11.5 Å². The molecule has 1 aliphatic rings. The second kappa shape index (κ2) is 8.53. The fourth-order valence-electron chi connectivity index (χ4n) is 4.05. The number of piperidine rings is 1. The predicted octanol–water partition coefficient (Wildman–Crippen LogP) is 3.03. The van der Waals surface area contributed by atoms with Gasteiger partial charge < -0.3 is 9.67 Å². The highest BCUT2D eigenvalue weighted by Crippen LogP contribution is 2.23. The number of hydrogen-bond donors (Lipinski definition) is 1. The van der Waals surface area contributed by atoms with Gasteiger partial charge in [0.2, 0.25) is 0 Å². The van der Waals surface area contributed by atoms with Crippen LogP contribution in [0.25, 0.3) is 11.5 Å². The molecule has 3 heterocycles. The molecule has 0 amide bonds. The van der Waals surface area contributed by atoms with Crippen molar-refractivity contribution < 1.29 is 9.90 Å². The van der Waals surface area contributed by atoms with Crippen LogP contribution in [0.4, 0.5) is 0 Å². The summed E-state index contributed by atoms with van der Waals surface area (Å²) in [6.45, 7) is 2.60. The Morgan fingerprint density at radius 1 is 1.21 bits per heavy atom. The Morgan fingerprint density at radius 3 is 2.79 bits per heavy atom. The van der Waals surface area contributed by atoms with Gasteiger partial charge in [-0.15, -0.1) is 0 Å². The molecule has 1 saturated heterocycles. The average molecular weight is 391 g/mol. The summed E-state index contributed by atoms with van der Waals surface area (Å²) in [5.74, 6) is 0.441. The molecule has 7 heteroatoms. The zero-order chi connectivity index (χ0) is 20.2. The standard InChI is InChI=1S/C22H25N5O2/c1-26-10-8-23-21(26)20-13-24-18(12-25-20)11-16-5-4-9-27(14-16)15-17-6-2-3-7-19(17)22(28)29/h2-3,6-8,10,12-13,16H,4-5,9,11,14-15H2,1H3,(H,28,29). The largest absolute Gasteiger partial charge is 0.478 e. The number of nitrogens with zero attached hydrogens (tertiary/aromatic N) is 5. The van der Waals surface area contributed by atoms with Crippen LogP contribution < -0.4 is 0 Å². The predicted molar refractivity (Wildman–Crippen MR) is 109 cm³/mol. The van der Waals surface area contributed by atoms with Gasteiger partial charge in [0.05, 0.1) is 17.5 Å². The smallest absolute Gasteiger partial charge is 0.336 e. The molecule has 0 bridgehead atoms. The van der Waals surface area contributed by atoms with Crippen LogP contribution in [-0.2, 0) is 20.0 Å². The number of imidazole rings is 1. The summed E-state index contributed by atoms with van der Waals surface area (Å²) in [6, 6.07) is 7.27. The van der Waals surface area contributed by atoms with Crippen LogP contribution in [0, 0.1) is 5.92 Å². The van der Waals surface area contributed by atoms with Crippen LogP contribution in [0.15, 0.2) is 49.1 Å². The van der Waals surface area contributed by atoms with Gasteiger partial charge in [-0.05, 0) is 43.4 Å². The first-order valence-corrected chi connectivity index (χ1v) is 9.92. The second-order valence-corrected chi connectivity index (χ2v) is 7.66. The zero-order valence-electron chi connectivity index (χ0n) is 16.5. The van der Waals surface area contributed by atoms with Crippen LogP contribution in [0.5, 0.6) is 0 Å². The average Bonchev–Trinajstić information content (AvgIpc) is 3.15. The fourth-order valence-corrected chi connectivity index (χ4v) is 4.05. The minimum Gasteiger partial charge on any atom is -0.478 e. The Bertz CT molecular complexity index is 983. The van der Waals surface area contributed by atoms with E-state index in [1.807, 2.05) is 36.1 Å². The van der Waals surface area contributed by atoms with Crippen LogP contribution >= 0.6 is 0 Å². The highest BCUT2D eigenvalue weighted by Gasteiger charge is 2.22. The van der Waals surface area contributed by atoms with Gasteiger partial charge in [0.1, 0.15) is 5.69 Å². The highest BCUT2D eigenvalue weighted by molar-refractivity contribution is 5.89. The van der Waals surface area contributed by atoms with Crippen molar-refractivity contribution in [1.82, 2.24) is 24.4 Å². The monoisotopic (exact) mass is 391 g/mol. The number of aryl methyl sites for hydroxylation is 1. The SMILES string of the molecule is Cn1ccnc1-c1cnc(CC2CCCN(Cc3ccccc3C(=O)O)C2)cn1. The van der Waals surface area contributed by atoms with Gasteiger partial charge >= 0.3 is 5.97 Å². The molecule has 3 aromatic rings. The summed E-state index contributed by atoms with van der Waals surface area (Å²) in [4.78, 5) is 27.3. The lowest BCUT2D eigenvalue weighted by Gasteiger charge is -2.33. The zero-order valence-corrected chi connectivity index (χ0v) is 16.5. The van der Waals surface area contributed by atoms with Crippen molar-refractivity contribution in [3.05, 3.63) is 65.9 Å². The van der Waals surface area contributed by atoms with E-state index < -0.39 is 5.97 Å². The van der Waals surface area contributed by atoms with E-state index in [4.69, 9.17) is 0 Å². The van der Waals surface area contributed by atoms with E-state index in [9.17, 15) is 9.90 Å². The normalized spacial score (nSPS) is 17.3. The summed E-state index contributed by atoms with van der Waals surface area (Å²) in [5.41, 5.74) is 3.03. The van der Waals surface area contributed by atoms with Gasteiger partial charge in [-0.2, -0.15) is 0 Å². The van der Waals surface area contributed by atoms with Gasteiger partial charge in [-0.25, -0.2) is 14.8 Å². The molecule has 0 saturated carbocycles.